The number of likely N-dealkylation sites (N-methyl/N-ethyl adjacent to an activating group) is 1. The highest BCUT2D eigenvalue weighted by atomic mass is 32.2. The molecular formula is C18H17FN4O4S. The molecule has 0 saturated heterocycles. The fourth-order valence-electron chi connectivity index (χ4n) is 2.23. The lowest BCUT2D eigenvalue weighted by Gasteiger charge is -2.17. The van der Waals surface area contributed by atoms with Crippen molar-refractivity contribution in [2.45, 2.75) is 4.90 Å². The van der Waals surface area contributed by atoms with Gasteiger partial charge in [-0.3, -0.25) is 9.59 Å². The predicted molar refractivity (Wildman–Crippen MR) is 99.0 cm³/mol. The first kappa shape index (κ1) is 21.0. The van der Waals surface area contributed by atoms with Gasteiger partial charge in [-0.05, 0) is 30.3 Å². The topological polar surface area (TPSA) is 119 Å². The highest BCUT2D eigenvalue weighted by Gasteiger charge is 2.21. The lowest BCUT2D eigenvalue weighted by molar-refractivity contribution is -0.132. The summed E-state index contributed by atoms with van der Waals surface area (Å²) in [5, 5.41) is 11.4. The fraction of sp³-hybridized carbons (Fsp3) is 0.167. The summed E-state index contributed by atoms with van der Waals surface area (Å²) >= 11 is 0. The maximum absolute atomic E-state index is 13.1. The molecule has 0 fully saturated rings. The first-order valence-electron chi connectivity index (χ1n) is 8.01. The Balaban J connectivity index is 1.93. The van der Waals surface area contributed by atoms with Crippen LogP contribution in [-0.2, 0) is 19.6 Å². The van der Waals surface area contributed by atoms with Crippen molar-refractivity contribution in [2.75, 3.05) is 25.5 Å². The van der Waals surface area contributed by atoms with Crippen LogP contribution in [0.3, 0.4) is 0 Å². The van der Waals surface area contributed by atoms with Crippen LogP contribution in [-0.4, -0.2) is 45.3 Å². The molecule has 0 saturated carbocycles. The number of rotatable bonds is 7. The minimum absolute atomic E-state index is 0.0507. The molecule has 2 aromatic rings. The minimum atomic E-state index is -4.08. The number of hydrogen-bond acceptors (Lipinski definition) is 5. The van der Waals surface area contributed by atoms with Gasteiger partial charge in [-0.1, -0.05) is 18.2 Å². The highest BCUT2D eigenvalue weighted by Crippen LogP contribution is 2.14. The van der Waals surface area contributed by atoms with Crippen LogP contribution in [0.4, 0.5) is 10.1 Å². The minimum Gasteiger partial charge on any atom is -0.335 e. The molecule has 2 N–H and O–H groups in total. The molecule has 0 aliphatic heterocycles. The smallest absolute Gasteiger partial charge is 0.243 e. The first-order chi connectivity index (χ1) is 13.2. The Kier molecular flexibility index (Phi) is 6.81. The highest BCUT2D eigenvalue weighted by molar-refractivity contribution is 7.89. The standard InChI is InChI=1S/C18H17FN4O4S/c1-23(12-17(24)22-15-7-4-6-14(19)9-15)18(25)11-21-28(26,27)16-8-3-2-5-13(16)10-20/h2-9,21H,11-12H2,1H3,(H,22,24). The van der Waals surface area contributed by atoms with E-state index >= 15 is 0 Å². The van der Waals surface area contributed by atoms with E-state index in [0.717, 1.165) is 11.0 Å². The van der Waals surface area contributed by atoms with Gasteiger partial charge in [0.1, 0.15) is 11.9 Å². The Bertz CT molecular complexity index is 1030. The molecule has 0 atom stereocenters. The van der Waals surface area contributed by atoms with Crippen LogP contribution in [0.1, 0.15) is 5.56 Å². The molecule has 0 radical (unpaired) electrons. The van der Waals surface area contributed by atoms with E-state index in [0.29, 0.717) is 0 Å². The zero-order valence-corrected chi connectivity index (χ0v) is 15.7. The quantitative estimate of drug-likeness (QED) is 0.715. The Labute approximate surface area is 161 Å². The van der Waals surface area contributed by atoms with Crippen LogP contribution in [0.2, 0.25) is 0 Å². The summed E-state index contributed by atoms with van der Waals surface area (Å²) in [5.41, 5.74) is 0.185. The van der Waals surface area contributed by atoms with Gasteiger partial charge in [0.2, 0.25) is 21.8 Å². The van der Waals surface area contributed by atoms with E-state index in [1.54, 1.807) is 6.07 Å². The monoisotopic (exact) mass is 404 g/mol. The second kappa shape index (κ2) is 9.07. The van der Waals surface area contributed by atoms with Gasteiger partial charge in [-0.25, -0.2) is 17.5 Å². The van der Waals surface area contributed by atoms with Crippen molar-refractivity contribution in [3.63, 3.8) is 0 Å². The molecule has 2 aromatic carbocycles. The molecule has 0 aliphatic carbocycles. The second-order valence-electron chi connectivity index (χ2n) is 5.74. The van der Waals surface area contributed by atoms with Crippen molar-refractivity contribution < 1.29 is 22.4 Å². The normalized spacial score (nSPS) is 10.8. The summed E-state index contributed by atoms with van der Waals surface area (Å²) < 4.78 is 39.8. The van der Waals surface area contributed by atoms with Gasteiger partial charge in [-0.2, -0.15) is 5.26 Å². The van der Waals surface area contributed by atoms with Crippen LogP contribution >= 0.6 is 0 Å². The summed E-state index contributed by atoms with van der Waals surface area (Å²) in [6.45, 7) is -0.947. The van der Waals surface area contributed by atoms with Crippen molar-refractivity contribution in [1.29, 1.82) is 5.26 Å². The number of sulfonamides is 1. The maximum atomic E-state index is 13.1. The lowest BCUT2D eigenvalue weighted by Crippen LogP contribution is -2.41. The number of benzene rings is 2. The zero-order chi connectivity index (χ0) is 20.7. The molecule has 2 amide bonds. The molecular weight excluding hydrogens is 387 g/mol. The number of anilines is 1. The predicted octanol–water partition coefficient (Wildman–Crippen LogP) is 1.07. The van der Waals surface area contributed by atoms with Crippen molar-refractivity contribution in [3.8, 4) is 6.07 Å². The van der Waals surface area contributed by atoms with Gasteiger partial charge in [0, 0.05) is 12.7 Å². The molecule has 10 heteroatoms. The van der Waals surface area contributed by atoms with E-state index in [4.69, 9.17) is 5.26 Å². The number of nitriles is 1. The second-order valence-corrected chi connectivity index (χ2v) is 7.48. The lowest BCUT2D eigenvalue weighted by atomic mass is 10.2. The summed E-state index contributed by atoms with van der Waals surface area (Å²) in [4.78, 5) is 24.8. The Hall–Kier alpha value is -3.29. The number of nitrogens with zero attached hydrogens (tertiary/aromatic N) is 2. The molecule has 2 rings (SSSR count). The number of carbonyl (C=O) groups is 2. The third kappa shape index (κ3) is 5.60. The average Bonchev–Trinajstić information content (AvgIpc) is 2.66. The molecule has 0 heterocycles. The van der Waals surface area contributed by atoms with E-state index in [9.17, 15) is 22.4 Å². The molecule has 8 nitrogen and oxygen atoms in total. The Morgan fingerprint density at radius 2 is 1.89 bits per heavy atom. The van der Waals surface area contributed by atoms with Crippen molar-refractivity contribution in [2.24, 2.45) is 0 Å². The van der Waals surface area contributed by atoms with Crippen molar-refractivity contribution >= 4 is 27.5 Å². The van der Waals surface area contributed by atoms with Crippen LogP contribution in [0.15, 0.2) is 53.4 Å². The third-order valence-corrected chi connectivity index (χ3v) is 5.08. The van der Waals surface area contributed by atoms with E-state index in [2.05, 4.69) is 10.0 Å². The summed E-state index contributed by atoms with van der Waals surface area (Å²) in [6.07, 6.45) is 0. The summed E-state index contributed by atoms with van der Waals surface area (Å²) in [5.74, 6) is -1.75. The number of carbonyl (C=O) groups excluding carboxylic acids is 2. The maximum Gasteiger partial charge on any atom is 0.243 e. The van der Waals surface area contributed by atoms with Crippen LogP contribution < -0.4 is 10.0 Å². The summed E-state index contributed by atoms with van der Waals surface area (Å²) in [6, 6.07) is 12.6. The van der Waals surface area contributed by atoms with E-state index in [1.807, 2.05) is 0 Å². The van der Waals surface area contributed by atoms with E-state index in [-0.39, 0.29) is 22.7 Å². The van der Waals surface area contributed by atoms with E-state index < -0.39 is 34.2 Å². The third-order valence-electron chi connectivity index (χ3n) is 3.63. The van der Waals surface area contributed by atoms with Crippen LogP contribution in [0.25, 0.3) is 0 Å². The molecule has 0 bridgehead atoms. The van der Waals surface area contributed by atoms with Gasteiger partial charge in [0.25, 0.3) is 0 Å². The number of nitrogens with one attached hydrogen (secondary N) is 2. The summed E-state index contributed by atoms with van der Waals surface area (Å²) in [7, 11) is -2.75. The first-order valence-corrected chi connectivity index (χ1v) is 9.49. The molecule has 28 heavy (non-hydrogen) atoms. The number of hydrogen-bond donors (Lipinski definition) is 2. The average molecular weight is 404 g/mol. The molecule has 0 unspecified atom stereocenters. The van der Waals surface area contributed by atoms with Crippen molar-refractivity contribution in [3.05, 3.63) is 59.9 Å². The Morgan fingerprint density at radius 3 is 2.57 bits per heavy atom. The van der Waals surface area contributed by atoms with E-state index in [1.165, 1.54) is 49.5 Å². The Morgan fingerprint density at radius 1 is 1.18 bits per heavy atom. The van der Waals surface area contributed by atoms with Gasteiger partial charge in [-0.15, -0.1) is 0 Å². The SMILES string of the molecule is CN(CC(=O)Nc1cccc(F)c1)C(=O)CNS(=O)(=O)c1ccccc1C#N. The van der Waals surface area contributed by atoms with Crippen molar-refractivity contribution in [1.82, 2.24) is 9.62 Å². The number of halogens is 1. The van der Waals surface area contributed by atoms with Crippen LogP contribution in [0, 0.1) is 17.1 Å². The zero-order valence-electron chi connectivity index (χ0n) is 14.8. The number of amides is 2. The molecule has 0 aliphatic rings. The van der Waals surface area contributed by atoms with Gasteiger partial charge < -0.3 is 10.2 Å². The van der Waals surface area contributed by atoms with Gasteiger partial charge >= 0.3 is 0 Å². The fourth-order valence-corrected chi connectivity index (χ4v) is 3.36. The van der Waals surface area contributed by atoms with Gasteiger partial charge in [0.05, 0.1) is 23.5 Å². The van der Waals surface area contributed by atoms with Gasteiger partial charge in [0.15, 0.2) is 0 Å². The largest absolute Gasteiger partial charge is 0.335 e. The molecule has 0 aromatic heterocycles. The molecule has 146 valence electrons. The van der Waals surface area contributed by atoms with Crippen LogP contribution in [0.5, 0.6) is 0 Å². The molecule has 0 spiro atoms.